The molecule has 0 spiro atoms. The van der Waals surface area contributed by atoms with Gasteiger partial charge in [0.1, 0.15) is 0 Å². The predicted molar refractivity (Wildman–Crippen MR) is 64.1 cm³/mol. The van der Waals surface area contributed by atoms with E-state index in [0.29, 0.717) is 6.04 Å². The number of benzene rings is 1. The second kappa shape index (κ2) is 7.43. The molecule has 0 aliphatic heterocycles. The lowest BCUT2D eigenvalue weighted by Crippen LogP contribution is -2.29. The molecule has 84 valence electrons. The summed E-state index contributed by atoms with van der Waals surface area (Å²) in [6.45, 7) is 4.07. The molecule has 0 heterocycles. The molecule has 1 atom stereocenters. The summed E-state index contributed by atoms with van der Waals surface area (Å²) >= 11 is 0. The van der Waals surface area contributed by atoms with Crippen molar-refractivity contribution < 1.29 is 4.74 Å². The summed E-state index contributed by atoms with van der Waals surface area (Å²) in [5, 5.41) is 3.49. The van der Waals surface area contributed by atoms with Gasteiger partial charge in [-0.2, -0.15) is 0 Å². The molecular weight excluding hydrogens is 186 g/mol. The molecule has 1 aromatic rings. The zero-order valence-electron chi connectivity index (χ0n) is 9.70. The monoisotopic (exact) mass is 207 g/mol. The fraction of sp³-hybridized carbons (Fsp3) is 0.538. The molecule has 1 rings (SSSR count). The van der Waals surface area contributed by atoms with Crippen molar-refractivity contribution in [2.24, 2.45) is 0 Å². The van der Waals surface area contributed by atoms with E-state index in [1.54, 1.807) is 7.11 Å². The molecule has 0 bridgehead atoms. The zero-order valence-corrected chi connectivity index (χ0v) is 9.70. The summed E-state index contributed by atoms with van der Waals surface area (Å²) in [7, 11) is 1.75. The van der Waals surface area contributed by atoms with Crippen LogP contribution in [0.4, 0.5) is 0 Å². The lowest BCUT2D eigenvalue weighted by Gasteiger charge is -2.12. The van der Waals surface area contributed by atoms with E-state index in [1.165, 1.54) is 5.56 Å². The Bertz CT molecular complexity index is 248. The van der Waals surface area contributed by atoms with E-state index >= 15 is 0 Å². The van der Waals surface area contributed by atoms with Crippen LogP contribution >= 0.6 is 0 Å². The van der Waals surface area contributed by atoms with Gasteiger partial charge < -0.3 is 10.1 Å². The van der Waals surface area contributed by atoms with Gasteiger partial charge in [-0.25, -0.2) is 0 Å². The maximum Gasteiger partial charge on any atom is 0.0476 e. The van der Waals surface area contributed by atoms with Crippen molar-refractivity contribution in [1.82, 2.24) is 5.32 Å². The Balaban J connectivity index is 2.11. The predicted octanol–water partition coefficient (Wildman–Crippen LogP) is 2.24. The highest BCUT2D eigenvalue weighted by Gasteiger charge is 1.99. The minimum atomic E-state index is 0.536. The van der Waals surface area contributed by atoms with Crippen molar-refractivity contribution in [3.05, 3.63) is 35.9 Å². The highest BCUT2D eigenvalue weighted by Crippen LogP contribution is 1.99. The number of hydrogen-bond donors (Lipinski definition) is 1. The normalized spacial score (nSPS) is 12.7. The molecule has 0 radical (unpaired) electrons. The number of methoxy groups -OCH3 is 1. The molecule has 0 aliphatic carbocycles. The molecule has 15 heavy (non-hydrogen) atoms. The Hall–Kier alpha value is -0.860. The summed E-state index contributed by atoms with van der Waals surface area (Å²) in [6.07, 6.45) is 2.17. The molecule has 2 nitrogen and oxygen atoms in total. The number of rotatable bonds is 7. The van der Waals surface area contributed by atoms with E-state index in [2.05, 4.69) is 42.6 Å². The summed E-state index contributed by atoms with van der Waals surface area (Å²) in [4.78, 5) is 0. The smallest absolute Gasteiger partial charge is 0.0476 e. The number of nitrogens with one attached hydrogen (secondary N) is 1. The Labute approximate surface area is 92.6 Å². The van der Waals surface area contributed by atoms with Gasteiger partial charge in [-0.05, 0) is 31.9 Å². The van der Waals surface area contributed by atoms with Crippen LogP contribution < -0.4 is 5.32 Å². The highest BCUT2D eigenvalue weighted by molar-refractivity contribution is 5.14. The molecule has 0 fully saturated rings. The average Bonchev–Trinajstić information content (AvgIpc) is 2.28. The first kappa shape index (κ1) is 12.2. The maximum absolute atomic E-state index is 5.04. The zero-order chi connectivity index (χ0) is 10.9. The van der Waals surface area contributed by atoms with Crippen LogP contribution in [0.3, 0.4) is 0 Å². The Morgan fingerprint density at radius 2 is 2.00 bits per heavy atom. The molecule has 0 aliphatic rings. The Morgan fingerprint density at radius 3 is 2.67 bits per heavy atom. The first-order valence-corrected chi connectivity index (χ1v) is 5.59. The van der Waals surface area contributed by atoms with E-state index in [1.807, 2.05) is 0 Å². The Kier molecular flexibility index (Phi) is 6.05. The second-order valence-corrected chi connectivity index (χ2v) is 3.87. The first-order valence-electron chi connectivity index (χ1n) is 5.59. The largest absolute Gasteiger partial charge is 0.385 e. The van der Waals surface area contributed by atoms with E-state index in [9.17, 15) is 0 Å². The fourth-order valence-corrected chi connectivity index (χ4v) is 1.50. The van der Waals surface area contributed by atoms with E-state index < -0.39 is 0 Å². The van der Waals surface area contributed by atoms with Gasteiger partial charge in [0.05, 0.1) is 0 Å². The summed E-state index contributed by atoms with van der Waals surface area (Å²) < 4.78 is 5.04. The van der Waals surface area contributed by atoms with Crippen molar-refractivity contribution >= 4 is 0 Å². The van der Waals surface area contributed by atoms with Crippen molar-refractivity contribution in [2.75, 3.05) is 20.3 Å². The van der Waals surface area contributed by atoms with Crippen molar-refractivity contribution in [1.29, 1.82) is 0 Å². The molecule has 2 heteroatoms. The molecule has 0 saturated heterocycles. The third kappa shape index (κ3) is 5.55. The van der Waals surface area contributed by atoms with Crippen molar-refractivity contribution in [3.63, 3.8) is 0 Å². The summed E-state index contributed by atoms with van der Waals surface area (Å²) in [5.41, 5.74) is 1.39. The van der Waals surface area contributed by atoms with Crippen LogP contribution in [0.5, 0.6) is 0 Å². The van der Waals surface area contributed by atoms with Gasteiger partial charge in [-0.3, -0.25) is 0 Å². The lowest BCUT2D eigenvalue weighted by atomic mass is 10.1. The minimum absolute atomic E-state index is 0.536. The van der Waals surface area contributed by atoms with Gasteiger partial charge in [0.2, 0.25) is 0 Å². The second-order valence-electron chi connectivity index (χ2n) is 3.87. The SMILES string of the molecule is COCCC(C)NCCc1ccccc1. The fourth-order valence-electron chi connectivity index (χ4n) is 1.50. The van der Waals surface area contributed by atoms with Crippen LogP contribution in [0.1, 0.15) is 18.9 Å². The highest BCUT2D eigenvalue weighted by atomic mass is 16.5. The third-order valence-corrected chi connectivity index (χ3v) is 2.50. The van der Waals surface area contributed by atoms with Crippen LogP contribution in [-0.4, -0.2) is 26.3 Å². The van der Waals surface area contributed by atoms with Crippen LogP contribution in [0, 0.1) is 0 Å². The van der Waals surface area contributed by atoms with E-state index in [4.69, 9.17) is 4.74 Å². The van der Waals surface area contributed by atoms with E-state index in [-0.39, 0.29) is 0 Å². The molecule has 1 unspecified atom stereocenters. The van der Waals surface area contributed by atoms with Crippen molar-refractivity contribution in [3.8, 4) is 0 Å². The van der Waals surface area contributed by atoms with Gasteiger partial charge in [-0.15, -0.1) is 0 Å². The number of ether oxygens (including phenoxy) is 1. The third-order valence-electron chi connectivity index (χ3n) is 2.50. The average molecular weight is 207 g/mol. The molecule has 1 N–H and O–H groups in total. The maximum atomic E-state index is 5.04. The van der Waals surface area contributed by atoms with Crippen molar-refractivity contribution in [2.45, 2.75) is 25.8 Å². The van der Waals surface area contributed by atoms with E-state index in [0.717, 1.165) is 26.0 Å². The van der Waals surface area contributed by atoms with Crippen LogP contribution in [0.25, 0.3) is 0 Å². The van der Waals surface area contributed by atoms with Crippen LogP contribution in [0.2, 0.25) is 0 Å². The van der Waals surface area contributed by atoms with Gasteiger partial charge >= 0.3 is 0 Å². The van der Waals surface area contributed by atoms with Crippen LogP contribution in [-0.2, 0) is 11.2 Å². The number of hydrogen-bond acceptors (Lipinski definition) is 2. The minimum Gasteiger partial charge on any atom is -0.385 e. The lowest BCUT2D eigenvalue weighted by molar-refractivity contribution is 0.185. The Morgan fingerprint density at radius 1 is 1.27 bits per heavy atom. The summed E-state index contributed by atoms with van der Waals surface area (Å²) in [6, 6.07) is 11.1. The molecule has 0 aromatic heterocycles. The molecule has 1 aromatic carbocycles. The summed E-state index contributed by atoms with van der Waals surface area (Å²) in [5.74, 6) is 0. The molecule has 0 saturated carbocycles. The topological polar surface area (TPSA) is 21.3 Å². The van der Waals surface area contributed by atoms with Gasteiger partial charge in [0.15, 0.2) is 0 Å². The van der Waals surface area contributed by atoms with Gasteiger partial charge in [0.25, 0.3) is 0 Å². The standard InChI is InChI=1S/C13H21NO/c1-12(9-11-15-2)14-10-8-13-6-4-3-5-7-13/h3-7,12,14H,8-11H2,1-2H3. The molecular formula is C13H21NO. The van der Waals surface area contributed by atoms with Crippen LogP contribution in [0.15, 0.2) is 30.3 Å². The molecule has 0 amide bonds. The van der Waals surface area contributed by atoms with Gasteiger partial charge in [-0.1, -0.05) is 30.3 Å². The first-order chi connectivity index (χ1) is 7.33. The quantitative estimate of drug-likeness (QED) is 0.740. The van der Waals surface area contributed by atoms with Gasteiger partial charge in [0, 0.05) is 19.8 Å².